The van der Waals surface area contributed by atoms with Crippen molar-refractivity contribution in [3.05, 3.63) is 45.9 Å². The first kappa shape index (κ1) is 11.7. The van der Waals surface area contributed by atoms with E-state index in [4.69, 9.17) is 5.11 Å². The lowest BCUT2D eigenvalue weighted by molar-refractivity contribution is -0.385. The number of rotatable bonds is 3. The van der Waals surface area contributed by atoms with Gasteiger partial charge in [0, 0.05) is 5.69 Å². The molecule has 0 saturated heterocycles. The van der Waals surface area contributed by atoms with Gasteiger partial charge in [-0.15, -0.1) is 0 Å². The van der Waals surface area contributed by atoms with Crippen molar-refractivity contribution in [3.8, 4) is 5.82 Å². The predicted octanol–water partition coefficient (Wildman–Crippen LogP) is 1.18. The highest BCUT2D eigenvalue weighted by Gasteiger charge is 2.25. The maximum Gasteiger partial charge on any atom is 0.363 e. The highest BCUT2D eigenvalue weighted by atomic mass is 16.6. The summed E-state index contributed by atoms with van der Waals surface area (Å²) in [6.45, 7) is 1.75. The number of carbonyl (C=O) groups is 1. The number of pyridine rings is 1. The van der Waals surface area contributed by atoms with E-state index in [-0.39, 0.29) is 0 Å². The van der Waals surface area contributed by atoms with Crippen LogP contribution < -0.4 is 0 Å². The number of hydrogen-bond acceptors (Lipinski definition) is 5. The number of aryl methyl sites for hydroxylation is 1. The van der Waals surface area contributed by atoms with Crippen molar-refractivity contribution in [1.29, 1.82) is 0 Å². The van der Waals surface area contributed by atoms with Crippen molar-refractivity contribution >= 4 is 11.7 Å². The summed E-state index contributed by atoms with van der Waals surface area (Å²) in [6.07, 6.45) is 1.03. The van der Waals surface area contributed by atoms with Crippen LogP contribution in [-0.4, -0.2) is 30.8 Å². The Morgan fingerprint density at radius 2 is 2.22 bits per heavy atom. The highest BCUT2D eigenvalue weighted by molar-refractivity contribution is 5.89. The molecule has 0 fully saturated rings. The molecule has 0 aliphatic heterocycles. The van der Waals surface area contributed by atoms with Gasteiger partial charge in [0.25, 0.3) is 0 Å². The number of hydrogen-bond donors (Lipinski definition) is 1. The van der Waals surface area contributed by atoms with Crippen LogP contribution in [0.1, 0.15) is 16.2 Å². The Hall–Kier alpha value is -2.77. The first-order chi connectivity index (χ1) is 8.49. The van der Waals surface area contributed by atoms with Gasteiger partial charge in [-0.2, -0.15) is 5.10 Å². The van der Waals surface area contributed by atoms with Gasteiger partial charge in [0.15, 0.2) is 5.82 Å². The van der Waals surface area contributed by atoms with Gasteiger partial charge < -0.3 is 5.11 Å². The van der Waals surface area contributed by atoms with Crippen molar-refractivity contribution in [3.63, 3.8) is 0 Å². The monoisotopic (exact) mass is 248 g/mol. The minimum Gasteiger partial charge on any atom is -0.476 e. The van der Waals surface area contributed by atoms with Crippen molar-refractivity contribution in [2.45, 2.75) is 6.92 Å². The molecule has 2 heterocycles. The molecule has 0 aliphatic rings. The number of carboxylic acid groups (broad SMARTS) is 1. The summed E-state index contributed by atoms with van der Waals surface area (Å²) in [7, 11) is 0. The molecule has 0 aromatic carbocycles. The van der Waals surface area contributed by atoms with Crippen molar-refractivity contribution in [2.24, 2.45) is 0 Å². The molecule has 92 valence electrons. The van der Waals surface area contributed by atoms with Gasteiger partial charge in [0.05, 0.1) is 4.92 Å². The van der Waals surface area contributed by atoms with Crippen LogP contribution in [0.5, 0.6) is 0 Å². The molecule has 2 aromatic heterocycles. The number of carboxylic acids is 1. The van der Waals surface area contributed by atoms with Gasteiger partial charge >= 0.3 is 11.7 Å². The Labute approximate surface area is 101 Å². The van der Waals surface area contributed by atoms with Crippen molar-refractivity contribution in [2.75, 3.05) is 0 Å². The van der Waals surface area contributed by atoms with Gasteiger partial charge in [0.1, 0.15) is 6.20 Å². The summed E-state index contributed by atoms with van der Waals surface area (Å²) in [5.41, 5.74) is -0.475. The molecule has 0 saturated carbocycles. The fourth-order valence-corrected chi connectivity index (χ4v) is 1.42. The third kappa shape index (κ3) is 2.03. The Balaban J connectivity index is 2.57. The van der Waals surface area contributed by atoms with Gasteiger partial charge in [-0.05, 0) is 19.1 Å². The third-order valence-electron chi connectivity index (χ3n) is 2.20. The van der Waals surface area contributed by atoms with Crippen LogP contribution in [-0.2, 0) is 0 Å². The quantitative estimate of drug-likeness (QED) is 0.644. The van der Waals surface area contributed by atoms with Gasteiger partial charge in [-0.25, -0.2) is 14.5 Å². The van der Waals surface area contributed by atoms with E-state index in [2.05, 4.69) is 10.1 Å². The van der Waals surface area contributed by atoms with E-state index in [0.29, 0.717) is 11.5 Å². The average Bonchev–Trinajstić information content (AvgIpc) is 2.73. The number of nitro groups is 1. The minimum absolute atomic E-state index is 0.325. The molecular formula is C10H8N4O4. The Kier molecular flexibility index (Phi) is 2.76. The molecular weight excluding hydrogens is 240 g/mol. The van der Waals surface area contributed by atoms with Crippen LogP contribution in [0, 0.1) is 17.0 Å². The van der Waals surface area contributed by atoms with E-state index in [1.165, 1.54) is 0 Å². The second-order valence-corrected chi connectivity index (χ2v) is 3.51. The summed E-state index contributed by atoms with van der Waals surface area (Å²) in [6, 6.07) is 5.03. The zero-order valence-electron chi connectivity index (χ0n) is 9.27. The minimum atomic E-state index is -1.45. The summed E-state index contributed by atoms with van der Waals surface area (Å²) < 4.78 is 1.08. The van der Waals surface area contributed by atoms with E-state index >= 15 is 0 Å². The summed E-state index contributed by atoms with van der Waals surface area (Å²) in [5, 5.41) is 23.2. The van der Waals surface area contributed by atoms with Crippen LogP contribution in [0.3, 0.4) is 0 Å². The smallest absolute Gasteiger partial charge is 0.363 e. The molecule has 0 atom stereocenters. The van der Waals surface area contributed by atoms with Crippen LogP contribution in [0.15, 0.2) is 24.4 Å². The number of aromatic carboxylic acids is 1. The molecule has 0 amide bonds. The fraction of sp³-hybridized carbons (Fsp3) is 0.100. The molecule has 0 radical (unpaired) electrons. The van der Waals surface area contributed by atoms with E-state index in [0.717, 1.165) is 10.9 Å². The Morgan fingerprint density at radius 1 is 1.50 bits per heavy atom. The third-order valence-corrected chi connectivity index (χ3v) is 2.20. The number of nitrogens with zero attached hydrogens (tertiary/aromatic N) is 4. The summed E-state index contributed by atoms with van der Waals surface area (Å²) >= 11 is 0. The van der Waals surface area contributed by atoms with Gasteiger partial charge in [-0.3, -0.25) is 10.1 Å². The molecule has 0 unspecified atom stereocenters. The predicted molar refractivity (Wildman–Crippen MR) is 59.7 cm³/mol. The van der Waals surface area contributed by atoms with Crippen LogP contribution in [0.25, 0.3) is 5.82 Å². The fourth-order valence-electron chi connectivity index (χ4n) is 1.42. The van der Waals surface area contributed by atoms with Crippen LogP contribution in [0.4, 0.5) is 5.69 Å². The van der Waals surface area contributed by atoms with E-state index in [1.807, 2.05) is 0 Å². The molecule has 18 heavy (non-hydrogen) atoms. The number of aromatic nitrogens is 3. The van der Waals surface area contributed by atoms with Crippen molar-refractivity contribution in [1.82, 2.24) is 14.8 Å². The first-order valence-electron chi connectivity index (χ1n) is 4.90. The lowest BCUT2D eigenvalue weighted by Crippen LogP contribution is -2.03. The van der Waals surface area contributed by atoms with Crippen molar-refractivity contribution < 1.29 is 14.8 Å². The van der Waals surface area contributed by atoms with Crippen LogP contribution >= 0.6 is 0 Å². The highest BCUT2D eigenvalue weighted by Crippen LogP contribution is 2.18. The first-order valence-corrected chi connectivity index (χ1v) is 4.90. The van der Waals surface area contributed by atoms with E-state index in [1.54, 1.807) is 25.1 Å². The SMILES string of the molecule is Cc1cccc(-n2cc([N+](=O)[O-])c(C(=O)O)n2)n1. The molecule has 0 spiro atoms. The van der Waals surface area contributed by atoms with E-state index in [9.17, 15) is 14.9 Å². The summed E-state index contributed by atoms with van der Waals surface area (Å²) in [5.74, 6) is -1.13. The molecule has 0 aliphatic carbocycles. The normalized spacial score (nSPS) is 10.3. The second-order valence-electron chi connectivity index (χ2n) is 3.51. The molecule has 2 aromatic rings. The maximum atomic E-state index is 10.8. The molecule has 0 bridgehead atoms. The van der Waals surface area contributed by atoms with Gasteiger partial charge in [0.2, 0.25) is 5.69 Å². The lowest BCUT2D eigenvalue weighted by Gasteiger charge is -1.99. The molecule has 8 heteroatoms. The Bertz CT molecular complexity index is 603. The molecule has 1 N–H and O–H groups in total. The van der Waals surface area contributed by atoms with Gasteiger partial charge in [-0.1, -0.05) is 6.07 Å². The lowest BCUT2D eigenvalue weighted by atomic mass is 10.4. The Morgan fingerprint density at radius 3 is 2.72 bits per heavy atom. The molecule has 2 rings (SSSR count). The van der Waals surface area contributed by atoms with E-state index < -0.39 is 22.3 Å². The molecule has 8 nitrogen and oxygen atoms in total. The standard InChI is InChI=1S/C10H8N4O4/c1-6-3-2-4-8(11-6)13-5-7(14(17)18)9(12-13)10(15)16/h2-5H,1H3,(H,15,16). The maximum absolute atomic E-state index is 10.8. The largest absolute Gasteiger partial charge is 0.476 e. The average molecular weight is 248 g/mol. The zero-order chi connectivity index (χ0) is 13.3. The van der Waals surface area contributed by atoms with Crippen LogP contribution in [0.2, 0.25) is 0 Å². The zero-order valence-corrected chi connectivity index (χ0v) is 9.27. The topological polar surface area (TPSA) is 111 Å². The summed E-state index contributed by atoms with van der Waals surface area (Å²) in [4.78, 5) is 24.9. The second kappa shape index (κ2) is 4.24.